The number of carbonyl (C=O) groups is 4. The van der Waals surface area contributed by atoms with E-state index in [0.717, 1.165) is 48.3 Å². The lowest BCUT2D eigenvalue weighted by molar-refractivity contribution is 0.0877. The minimum absolute atomic E-state index is 0.285. The number of benzene rings is 7. The van der Waals surface area contributed by atoms with Crippen LogP contribution in [0, 0.1) is 0 Å². The molecule has 10 rings (SSSR count). The van der Waals surface area contributed by atoms with Gasteiger partial charge in [-0.25, -0.2) is 9.80 Å². The van der Waals surface area contributed by atoms with Gasteiger partial charge in [0.1, 0.15) is 0 Å². The quantitative estimate of drug-likeness (QED) is 0.166. The molecule has 0 bridgehead atoms. The number of halogens is 1. The minimum atomic E-state index is -0.297. The predicted molar refractivity (Wildman–Crippen MR) is 219 cm³/mol. The van der Waals surface area contributed by atoms with Gasteiger partial charge in [-0.15, -0.1) is 0 Å². The number of hydrogen-bond acceptors (Lipinski definition) is 5. The molecule has 0 unspecified atom stereocenters. The average Bonchev–Trinajstić information content (AvgIpc) is 3.24. The molecule has 3 heterocycles. The lowest BCUT2D eigenvalue weighted by Crippen LogP contribution is -2.40. The molecule has 0 radical (unpaired) electrons. The molecule has 7 nitrogen and oxygen atoms in total. The molecule has 0 spiro atoms. The van der Waals surface area contributed by atoms with E-state index in [0.29, 0.717) is 33.6 Å². The molecule has 0 atom stereocenters. The predicted octanol–water partition coefficient (Wildman–Crippen LogP) is 10.8. The lowest BCUT2D eigenvalue weighted by atomic mass is 9.88. The average molecular weight is 779 g/mol. The maximum Gasteiger partial charge on any atom is 0.265 e. The molecule has 8 aromatic rings. The Balaban J connectivity index is 0.000000157. The molecule has 0 saturated carbocycles. The van der Waals surface area contributed by atoms with Crippen molar-refractivity contribution in [3.05, 3.63) is 197 Å². The Kier molecular flexibility index (Phi) is 8.44. The number of carbonyl (C=O) groups excluding carboxylic acids is 4. The number of imide groups is 2. The monoisotopic (exact) mass is 777 g/mol. The number of para-hydroxylation sites is 2. The fourth-order valence-corrected chi connectivity index (χ4v) is 7.88. The first-order chi connectivity index (χ1) is 26.9. The summed E-state index contributed by atoms with van der Waals surface area (Å²) in [6.45, 7) is 0. The third-order valence-corrected chi connectivity index (χ3v) is 10.7. The fourth-order valence-electron chi connectivity index (χ4n) is 7.42. The van der Waals surface area contributed by atoms with Crippen LogP contribution in [-0.4, -0.2) is 28.6 Å². The van der Waals surface area contributed by atoms with Crippen LogP contribution in [0.25, 0.3) is 43.8 Å². The van der Waals surface area contributed by atoms with E-state index in [1.807, 2.05) is 91.0 Å². The van der Waals surface area contributed by atoms with Crippen molar-refractivity contribution in [3.8, 4) is 22.3 Å². The van der Waals surface area contributed by atoms with E-state index in [1.165, 1.54) is 9.80 Å². The maximum atomic E-state index is 13.4. The van der Waals surface area contributed by atoms with Crippen LogP contribution in [0.5, 0.6) is 0 Å². The first-order valence-corrected chi connectivity index (χ1v) is 18.4. The first kappa shape index (κ1) is 33.8. The third kappa shape index (κ3) is 5.71. The standard InChI is InChI=1S/C29H18N2O2.C18H10BrNO2/c32-28-25-8-4-7-24-23(21-11-9-19(10-12-21)20-15-17-30-18-16-20)13-14-26(27(24)25)29(33)31(28)22-5-2-1-3-6-22;19-15-10-9-14-16-12(15)7-4-8-13(16)17(21)20(18(14)22)11-5-2-1-3-6-11/h1-18H;1-10H. The summed E-state index contributed by atoms with van der Waals surface area (Å²) in [6.07, 6.45) is 3.56. The van der Waals surface area contributed by atoms with Crippen molar-refractivity contribution in [2.24, 2.45) is 0 Å². The summed E-state index contributed by atoms with van der Waals surface area (Å²) in [5.41, 5.74) is 7.58. The van der Waals surface area contributed by atoms with Crippen molar-refractivity contribution in [2.75, 3.05) is 9.80 Å². The summed E-state index contributed by atoms with van der Waals surface area (Å²) in [5, 5.41) is 3.22. The minimum Gasteiger partial charge on any atom is -0.268 e. The normalized spacial score (nSPS) is 13.3. The second-order valence-electron chi connectivity index (χ2n) is 13.1. The summed E-state index contributed by atoms with van der Waals surface area (Å²) in [6, 6.07) is 48.9. The number of nitrogens with zero attached hydrogens (tertiary/aromatic N) is 3. The van der Waals surface area contributed by atoms with E-state index in [9.17, 15) is 19.2 Å². The van der Waals surface area contributed by atoms with Crippen molar-refractivity contribution >= 4 is 72.5 Å². The van der Waals surface area contributed by atoms with E-state index in [-0.39, 0.29) is 23.6 Å². The van der Waals surface area contributed by atoms with Gasteiger partial charge in [0.05, 0.1) is 11.4 Å². The van der Waals surface area contributed by atoms with Crippen molar-refractivity contribution in [2.45, 2.75) is 0 Å². The van der Waals surface area contributed by atoms with Gasteiger partial charge in [-0.05, 0) is 99.8 Å². The Morgan fingerprint density at radius 1 is 0.364 bits per heavy atom. The Hall–Kier alpha value is -7.03. The van der Waals surface area contributed by atoms with Gasteiger partial charge in [-0.2, -0.15) is 0 Å². The molecule has 0 N–H and O–H groups in total. The first-order valence-electron chi connectivity index (χ1n) is 17.6. The van der Waals surface area contributed by atoms with Crippen LogP contribution in [0.1, 0.15) is 41.4 Å². The van der Waals surface area contributed by atoms with Crippen molar-refractivity contribution in [1.29, 1.82) is 0 Å². The zero-order valence-corrected chi connectivity index (χ0v) is 30.6. The molecule has 2 aliphatic heterocycles. The van der Waals surface area contributed by atoms with Gasteiger partial charge in [-0.1, -0.05) is 107 Å². The Morgan fingerprint density at radius 3 is 1.33 bits per heavy atom. The number of rotatable bonds is 4. The van der Waals surface area contributed by atoms with E-state index in [2.05, 4.69) is 45.2 Å². The third-order valence-electron chi connectivity index (χ3n) is 10.0. The van der Waals surface area contributed by atoms with Crippen molar-refractivity contribution in [3.63, 3.8) is 0 Å². The van der Waals surface area contributed by atoms with Crippen molar-refractivity contribution in [1.82, 2.24) is 4.98 Å². The lowest BCUT2D eigenvalue weighted by Gasteiger charge is -2.27. The molecule has 0 fully saturated rings. The zero-order chi connectivity index (χ0) is 37.6. The van der Waals surface area contributed by atoms with Crippen LogP contribution in [0.4, 0.5) is 11.4 Å². The van der Waals surface area contributed by atoms with Crippen molar-refractivity contribution < 1.29 is 19.2 Å². The summed E-state index contributed by atoms with van der Waals surface area (Å²) in [5.74, 6) is -1.16. The molecular formula is C47H28BrN3O4. The van der Waals surface area contributed by atoms with Gasteiger partial charge >= 0.3 is 0 Å². The molecule has 0 aliphatic carbocycles. The molecule has 8 heteroatoms. The smallest absolute Gasteiger partial charge is 0.265 e. The SMILES string of the molecule is O=C1c2cccc3c(-c4ccc(-c5ccncc5)cc4)ccc(c23)C(=O)N1c1ccccc1.O=C1c2cccc3c(Br)ccc(c23)C(=O)N1c1ccccc1. The van der Waals surface area contributed by atoms with E-state index >= 15 is 0 Å². The molecule has 2 aliphatic rings. The topological polar surface area (TPSA) is 87.6 Å². The van der Waals surface area contributed by atoms with Crippen LogP contribution in [0.3, 0.4) is 0 Å². The summed E-state index contributed by atoms with van der Waals surface area (Å²) in [7, 11) is 0. The number of pyridine rings is 1. The molecule has 262 valence electrons. The second-order valence-corrected chi connectivity index (χ2v) is 13.9. The zero-order valence-electron chi connectivity index (χ0n) is 29.0. The molecule has 1 aromatic heterocycles. The Bertz CT molecular complexity index is 2800. The highest BCUT2D eigenvalue weighted by Gasteiger charge is 2.35. The van der Waals surface area contributed by atoms with E-state index in [4.69, 9.17) is 0 Å². The molecule has 55 heavy (non-hydrogen) atoms. The van der Waals surface area contributed by atoms with Gasteiger partial charge in [0.2, 0.25) is 0 Å². The summed E-state index contributed by atoms with van der Waals surface area (Å²) in [4.78, 5) is 58.9. The Labute approximate surface area is 324 Å². The highest BCUT2D eigenvalue weighted by atomic mass is 79.9. The highest BCUT2D eigenvalue weighted by molar-refractivity contribution is 9.10. The molecule has 4 amide bonds. The second kappa shape index (κ2) is 13.7. The van der Waals surface area contributed by atoms with Gasteiger partial charge < -0.3 is 0 Å². The van der Waals surface area contributed by atoms with E-state index < -0.39 is 0 Å². The fraction of sp³-hybridized carbons (Fsp3) is 0. The number of amides is 4. The van der Waals surface area contributed by atoms with Crippen LogP contribution >= 0.6 is 15.9 Å². The summed E-state index contributed by atoms with van der Waals surface area (Å²) < 4.78 is 0.877. The maximum absolute atomic E-state index is 13.4. The molecular weight excluding hydrogens is 750 g/mol. The van der Waals surface area contributed by atoms with Gasteiger partial charge in [0, 0.05) is 49.9 Å². The van der Waals surface area contributed by atoms with Crippen LogP contribution < -0.4 is 9.80 Å². The number of aromatic nitrogens is 1. The van der Waals surface area contributed by atoms with Crippen LogP contribution in [0.2, 0.25) is 0 Å². The largest absolute Gasteiger partial charge is 0.268 e. The molecule has 7 aromatic carbocycles. The number of hydrogen-bond donors (Lipinski definition) is 0. The van der Waals surface area contributed by atoms with Gasteiger partial charge in [0.15, 0.2) is 0 Å². The van der Waals surface area contributed by atoms with Crippen LogP contribution in [-0.2, 0) is 0 Å². The van der Waals surface area contributed by atoms with Gasteiger partial charge in [0.25, 0.3) is 23.6 Å². The highest BCUT2D eigenvalue weighted by Crippen LogP contribution is 2.39. The number of anilines is 2. The molecule has 0 saturated heterocycles. The Morgan fingerprint density at radius 2 is 0.782 bits per heavy atom. The van der Waals surface area contributed by atoms with Gasteiger partial charge in [-0.3, -0.25) is 24.2 Å². The summed E-state index contributed by atoms with van der Waals surface area (Å²) >= 11 is 3.48. The van der Waals surface area contributed by atoms with Crippen LogP contribution in [0.15, 0.2) is 175 Å². The van der Waals surface area contributed by atoms with E-state index in [1.54, 1.807) is 54.9 Å².